The molecule has 2 aromatic carbocycles. The molecule has 0 bridgehead atoms. The number of unbranched alkanes of at least 4 members (excludes halogenated alkanes) is 8. The quantitative estimate of drug-likeness (QED) is 0.0576. The number of carbonyl (C=O) groups is 3. The van der Waals surface area contributed by atoms with Crippen LogP contribution in [-0.2, 0) is 19.1 Å². The SMILES string of the molecule is CCC1CCC(C(=O)Oc2ccc(C=CC(=O)OCCCCCCCCCCCOC(=O)c3cc(N)cc(N)c3)cc2)CC1. The van der Waals surface area contributed by atoms with E-state index >= 15 is 0 Å². The molecule has 8 heteroatoms. The van der Waals surface area contributed by atoms with Crippen molar-refractivity contribution in [3.05, 3.63) is 59.7 Å². The van der Waals surface area contributed by atoms with Crippen LogP contribution >= 0.6 is 0 Å². The van der Waals surface area contributed by atoms with Crippen molar-refractivity contribution in [1.82, 2.24) is 0 Å². The summed E-state index contributed by atoms with van der Waals surface area (Å²) < 4.78 is 16.2. The summed E-state index contributed by atoms with van der Waals surface area (Å²) in [5.41, 5.74) is 13.6. The highest BCUT2D eigenvalue weighted by Gasteiger charge is 2.27. The number of hydrogen-bond acceptors (Lipinski definition) is 8. The maximum atomic E-state index is 12.5. The average molecular weight is 607 g/mol. The lowest BCUT2D eigenvalue weighted by Gasteiger charge is -2.26. The molecule has 3 rings (SSSR count). The fourth-order valence-corrected chi connectivity index (χ4v) is 5.52. The molecule has 240 valence electrons. The fourth-order valence-electron chi connectivity index (χ4n) is 5.52. The molecule has 0 aliphatic heterocycles. The number of hydrogen-bond donors (Lipinski definition) is 2. The van der Waals surface area contributed by atoms with Gasteiger partial charge in [-0.05, 0) is 86.4 Å². The third-order valence-corrected chi connectivity index (χ3v) is 8.25. The van der Waals surface area contributed by atoms with Gasteiger partial charge in [-0.15, -0.1) is 0 Å². The summed E-state index contributed by atoms with van der Waals surface area (Å²) >= 11 is 0. The summed E-state index contributed by atoms with van der Waals surface area (Å²) in [5.74, 6) is 0.388. The molecule has 1 aliphatic rings. The predicted octanol–water partition coefficient (Wildman–Crippen LogP) is 7.90. The van der Waals surface area contributed by atoms with Crippen LogP contribution in [0, 0.1) is 11.8 Å². The van der Waals surface area contributed by atoms with E-state index in [0.717, 1.165) is 88.5 Å². The Balaban J connectivity index is 1.14. The van der Waals surface area contributed by atoms with Gasteiger partial charge in [-0.2, -0.15) is 0 Å². The summed E-state index contributed by atoms with van der Waals surface area (Å²) in [4.78, 5) is 36.6. The van der Waals surface area contributed by atoms with E-state index in [4.69, 9.17) is 25.7 Å². The van der Waals surface area contributed by atoms with E-state index in [1.807, 2.05) is 12.1 Å². The number of benzene rings is 2. The number of nitrogen functional groups attached to an aromatic ring is 2. The molecule has 1 aliphatic carbocycles. The van der Waals surface area contributed by atoms with Crippen LogP contribution in [0.2, 0.25) is 0 Å². The second-order valence-electron chi connectivity index (χ2n) is 11.8. The molecular formula is C36H50N2O6. The van der Waals surface area contributed by atoms with Crippen molar-refractivity contribution in [3.8, 4) is 5.75 Å². The first-order valence-electron chi connectivity index (χ1n) is 16.3. The van der Waals surface area contributed by atoms with E-state index in [-0.39, 0.29) is 17.9 Å². The van der Waals surface area contributed by atoms with E-state index in [1.54, 1.807) is 36.4 Å². The van der Waals surface area contributed by atoms with E-state index in [1.165, 1.54) is 18.9 Å². The van der Waals surface area contributed by atoms with Gasteiger partial charge >= 0.3 is 17.9 Å². The highest BCUT2D eigenvalue weighted by atomic mass is 16.5. The zero-order valence-electron chi connectivity index (χ0n) is 26.3. The summed E-state index contributed by atoms with van der Waals surface area (Å²) in [6.07, 6.45) is 17.8. The minimum absolute atomic E-state index is 0.00254. The van der Waals surface area contributed by atoms with Crippen molar-refractivity contribution in [1.29, 1.82) is 0 Å². The van der Waals surface area contributed by atoms with Crippen LogP contribution in [0.1, 0.15) is 113 Å². The number of rotatable bonds is 18. The lowest BCUT2D eigenvalue weighted by molar-refractivity contribution is -0.140. The van der Waals surface area contributed by atoms with Gasteiger partial charge < -0.3 is 25.7 Å². The van der Waals surface area contributed by atoms with Gasteiger partial charge in [-0.25, -0.2) is 9.59 Å². The first-order chi connectivity index (χ1) is 21.3. The Labute approximate surface area is 262 Å². The molecule has 0 amide bonds. The minimum atomic E-state index is -0.393. The van der Waals surface area contributed by atoms with Gasteiger partial charge in [0.2, 0.25) is 0 Å². The second kappa shape index (κ2) is 19.5. The van der Waals surface area contributed by atoms with E-state index in [2.05, 4.69) is 6.92 Å². The van der Waals surface area contributed by atoms with Crippen LogP contribution in [-0.4, -0.2) is 31.1 Å². The van der Waals surface area contributed by atoms with Crippen LogP contribution < -0.4 is 16.2 Å². The molecular weight excluding hydrogens is 556 g/mol. The minimum Gasteiger partial charge on any atom is -0.463 e. The Hall–Kier alpha value is -3.81. The van der Waals surface area contributed by atoms with Crippen molar-refractivity contribution in [2.75, 3.05) is 24.7 Å². The van der Waals surface area contributed by atoms with Crippen LogP contribution in [0.3, 0.4) is 0 Å². The molecule has 8 nitrogen and oxygen atoms in total. The summed E-state index contributed by atoms with van der Waals surface area (Å²) in [6.45, 7) is 3.02. The van der Waals surface area contributed by atoms with Crippen molar-refractivity contribution in [2.24, 2.45) is 11.8 Å². The largest absolute Gasteiger partial charge is 0.463 e. The first kappa shape index (κ1) is 34.7. The van der Waals surface area contributed by atoms with Crippen LogP contribution in [0.5, 0.6) is 5.75 Å². The number of carbonyl (C=O) groups excluding carboxylic acids is 3. The van der Waals surface area contributed by atoms with Gasteiger partial charge in [0.05, 0.1) is 24.7 Å². The maximum Gasteiger partial charge on any atom is 0.338 e. The third-order valence-electron chi connectivity index (χ3n) is 8.25. The molecule has 1 saturated carbocycles. The number of ether oxygens (including phenoxy) is 3. The molecule has 2 aromatic rings. The number of nitrogens with two attached hydrogens (primary N) is 2. The molecule has 0 unspecified atom stereocenters. The second-order valence-corrected chi connectivity index (χ2v) is 11.8. The smallest absolute Gasteiger partial charge is 0.338 e. The van der Waals surface area contributed by atoms with Crippen LogP contribution in [0.25, 0.3) is 6.08 Å². The molecule has 1 fully saturated rings. The van der Waals surface area contributed by atoms with Gasteiger partial charge in [0.1, 0.15) is 5.75 Å². The Kier molecular flexibility index (Phi) is 15.3. The zero-order valence-corrected chi connectivity index (χ0v) is 26.3. The molecule has 0 saturated heterocycles. The fraction of sp³-hybridized carbons (Fsp3) is 0.528. The Morgan fingerprint density at radius 1 is 0.750 bits per heavy atom. The van der Waals surface area contributed by atoms with Gasteiger partial charge in [0.15, 0.2) is 0 Å². The molecule has 44 heavy (non-hydrogen) atoms. The van der Waals surface area contributed by atoms with E-state index in [0.29, 0.717) is 35.9 Å². The molecule has 0 heterocycles. The number of esters is 3. The Bertz CT molecular complexity index is 1180. The summed E-state index contributed by atoms with van der Waals surface area (Å²) in [5, 5.41) is 0. The van der Waals surface area contributed by atoms with Crippen LogP contribution in [0.4, 0.5) is 11.4 Å². The maximum absolute atomic E-state index is 12.5. The number of anilines is 2. The zero-order chi connectivity index (χ0) is 31.6. The summed E-state index contributed by atoms with van der Waals surface area (Å²) in [6, 6.07) is 11.9. The molecule has 0 aromatic heterocycles. The van der Waals surface area contributed by atoms with Gasteiger partial charge in [-0.3, -0.25) is 4.79 Å². The topological polar surface area (TPSA) is 131 Å². The Morgan fingerprint density at radius 2 is 1.30 bits per heavy atom. The third kappa shape index (κ3) is 13.2. The van der Waals surface area contributed by atoms with Crippen molar-refractivity contribution >= 4 is 35.4 Å². The van der Waals surface area contributed by atoms with Gasteiger partial charge in [0, 0.05) is 17.5 Å². The highest BCUT2D eigenvalue weighted by molar-refractivity contribution is 5.91. The van der Waals surface area contributed by atoms with E-state index < -0.39 is 5.97 Å². The average Bonchev–Trinajstić information content (AvgIpc) is 3.02. The predicted molar refractivity (Wildman–Crippen MR) is 175 cm³/mol. The summed E-state index contributed by atoms with van der Waals surface area (Å²) in [7, 11) is 0. The molecule has 0 radical (unpaired) electrons. The van der Waals surface area contributed by atoms with Crippen molar-refractivity contribution in [3.63, 3.8) is 0 Å². The lowest BCUT2D eigenvalue weighted by Crippen LogP contribution is -2.25. The van der Waals surface area contributed by atoms with Gasteiger partial charge in [0.25, 0.3) is 0 Å². The normalized spacial score (nSPS) is 16.5. The van der Waals surface area contributed by atoms with Crippen molar-refractivity contribution in [2.45, 2.75) is 96.8 Å². The Morgan fingerprint density at radius 3 is 1.86 bits per heavy atom. The lowest BCUT2D eigenvalue weighted by atomic mass is 9.81. The molecule has 0 atom stereocenters. The molecule has 0 spiro atoms. The standard InChI is InChI=1S/C36H50N2O6/c1-2-27-12-17-29(18-13-27)36(41)44-33-19-14-28(15-20-33)16-21-34(39)42-22-10-8-6-4-3-5-7-9-11-23-43-35(40)30-24-31(37)26-32(38)25-30/h14-16,19-21,24-27,29H,2-13,17-18,22-23,37-38H2,1H3. The van der Waals surface area contributed by atoms with Crippen molar-refractivity contribution < 1.29 is 28.6 Å². The molecule has 4 N–H and O–H groups in total. The first-order valence-corrected chi connectivity index (χ1v) is 16.3. The van der Waals surface area contributed by atoms with Crippen LogP contribution in [0.15, 0.2) is 48.5 Å². The van der Waals surface area contributed by atoms with Gasteiger partial charge in [-0.1, -0.05) is 70.4 Å². The van der Waals surface area contributed by atoms with E-state index in [9.17, 15) is 14.4 Å². The monoisotopic (exact) mass is 606 g/mol. The highest BCUT2D eigenvalue weighted by Crippen LogP contribution is 2.31.